The SMILES string of the molecule is CCCC(CCC)Cc1c(CC)c(C(=O)C(N)=O)c2c(O)cccn12. The van der Waals surface area contributed by atoms with E-state index in [2.05, 4.69) is 13.8 Å². The van der Waals surface area contributed by atoms with Gasteiger partial charge in [-0.3, -0.25) is 9.59 Å². The third-order valence-corrected chi connectivity index (χ3v) is 4.83. The molecule has 0 saturated heterocycles. The number of nitrogens with two attached hydrogens (primary N) is 1. The number of nitrogens with zero attached hydrogens (tertiary/aromatic N) is 1. The van der Waals surface area contributed by atoms with Crippen LogP contribution in [0.2, 0.25) is 0 Å². The number of aromatic hydroxyl groups is 1. The van der Waals surface area contributed by atoms with Gasteiger partial charge in [0.25, 0.3) is 11.7 Å². The number of hydrogen-bond acceptors (Lipinski definition) is 3. The van der Waals surface area contributed by atoms with Crippen LogP contribution in [0.15, 0.2) is 18.3 Å². The number of Topliss-reactive ketones (excluding diaryl/α,β-unsaturated/α-hetero) is 1. The van der Waals surface area contributed by atoms with Gasteiger partial charge >= 0.3 is 0 Å². The van der Waals surface area contributed by atoms with Crippen molar-refractivity contribution in [3.8, 4) is 5.75 Å². The molecule has 3 N–H and O–H groups in total. The Balaban J connectivity index is 2.69. The maximum atomic E-state index is 12.4. The number of aromatic nitrogens is 1. The normalized spacial score (nSPS) is 11.4. The molecule has 0 bridgehead atoms. The van der Waals surface area contributed by atoms with Gasteiger partial charge in [0.05, 0.1) is 11.1 Å². The molecular formula is C20H28N2O3. The maximum Gasteiger partial charge on any atom is 0.289 e. The van der Waals surface area contributed by atoms with E-state index in [1.165, 1.54) is 6.07 Å². The summed E-state index contributed by atoms with van der Waals surface area (Å²) >= 11 is 0. The largest absolute Gasteiger partial charge is 0.506 e. The summed E-state index contributed by atoms with van der Waals surface area (Å²) in [5.41, 5.74) is 7.74. The van der Waals surface area contributed by atoms with E-state index in [9.17, 15) is 14.7 Å². The monoisotopic (exact) mass is 344 g/mol. The van der Waals surface area contributed by atoms with Gasteiger partial charge in [0, 0.05) is 11.9 Å². The van der Waals surface area contributed by atoms with Crippen LogP contribution >= 0.6 is 0 Å². The first-order chi connectivity index (χ1) is 12.0. The zero-order valence-corrected chi connectivity index (χ0v) is 15.3. The van der Waals surface area contributed by atoms with Gasteiger partial charge in [0.15, 0.2) is 0 Å². The highest BCUT2D eigenvalue weighted by Gasteiger charge is 2.27. The van der Waals surface area contributed by atoms with Gasteiger partial charge in [-0.05, 0) is 36.5 Å². The van der Waals surface area contributed by atoms with E-state index in [0.29, 0.717) is 17.9 Å². The zero-order valence-electron chi connectivity index (χ0n) is 15.3. The average molecular weight is 344 g/mol. The standard InChI is InChI=1S/C20H28N2O3/c1-4-8-13(9-5-2)12-15-14(6-3)17(19(24)20(21)25)18-16(23)10-7-11-22(15)18/h7,10-11,13,23H,4-6,8-9,12H2,1-3H3,(H2,21,25). The summed E-state index contributed by atoms with van der Waals surface area (Å²) in [6.45, 7) is 6.31. The molecule has 25 heavy (non-hydrogen) atoms. The van der Waals surface area contributed by atoms with Crippen molar-refractivity contribution in [1.82, 2.24) is 4.40 Å². The number of rotatable bonds is 9. The number of pyridine rings is 1. The molecule has 2 heterocycles. The third-order valence-electron chi connectivity index (χ3n) is 4.83. The molecule has 0 unspecified atom stereocenters. The molecule has 0 aliphatic carbocycles. The first-order valence-electron chi connectivity index (χ1n) is 9.13. The predicted octanol–water partition coefficient (Wildman–Crippen LogP) is 3.63. The van der Waals surface area contributed by atoms with E-state index in [-0.39, 0.29) is 11.3 Å². The lowest BCUT2D eigenvalue weighted by Crippen LogP contribution is -2.24. The van der Waals surface area contributed by atoms with Gasteiger partial charge in [-0.2, -0.15) is 0 Å². The Labute approximate surface area is 148 Å². The zero-order chi connectivity index (χ0) is 18.6. The number of primary amides is 1. The minimum absolute atomic E-state index is 0.00409. The highest BCUT2D eigenvalue weighted by atomic mass is 16.3. The van der Waals surface area contributed by atoms with Crippen molar-refractivity contribution in [2.45, 2.75) is 59.3 Å². The molecule has 136 valence electrons. The van der Waals surface area contributed by atoms with Gasteiger partial charge in [0.1, 0.15) is 5.75 Å². The number of carbonyl (C=O) groups excluding carboxylic acids is 2. The summed E-state index contributed by atoms with van der Waals surface area (Å²) in [7, 11) is 0. The molecule has 2 aromatic heterocycles. The molecular weight excluding hydrogens is 316 g/mol. The Bertz CT molecular complexity index is 771. The summed E-state index contributed by atoms with van der Waals surface area (Å²) in [4.78, 5) is 24.0. The fourth-order valence-electron chi connectivity index (χ4n) is 3.81. The number of amides is 1. The summed E-state index contributed by atoms with van der Waals surface area (Å²) < 4.78 is 1.86. The van der Waals surface area contributed by atoms with Crippen molar-refractivity contribution in [2.24, 2.45) is 11.7 Å². The molecule has 5 nitrogen and oxygen atoms in total. The number of carbonyl (C=O) groups is 2. The van der Waals surface area contributed by atoms with Crippen LogP contribution in [-0.4, -0.2) is 21.2 Å². The molecule has 0 radical (unpaired) electrons. The van der Waals surface area contributed by atoms with Crippen LogP contribution < -0.4 is 5.73 Å². The lowest BCUT2D eigenvalue weighted by Gasteiger charge is -2.16. The minimum Gasteiger partial charge on any atom is -0.506 e. The number of ketones is 1. The maximum absolute atomic E-state index is 12.4. The van der Waals surface area contributed by atoms with Gasteiger partial charge < -0.3 is 15.2 Å². The van der Waals surface area contributed by atoms with Gasteiger partial charge in [-0.15, -0.1) is 0 Å². The van der Waals surface area contributed by atoms with Crippen molar-refractivity contribution in [2.75, 3.05) is 0 Å². The van der Waals surface area contributed by atoms with E-state index in [0.717, 1.165) is 43.4 Å². The second-order valence-corrected chi connectivity index (χ2v) is 6.61. The highest BCUT2D eigenvalue weighted by molar-refractivity contribution is 6.44. The highest BCUT2D eigenvalue weighted by Crippen LogP contribution is 2.33. The first-order valence-corrected chi connectivity index (χ1v) is 9.13. The average Bonchev–Trinajstić information content (AvgIpc) is 2.89. The topological polar surface area (TPSA) is 84.8 Å². The minimum atomic E-state index is -0.990. The second-order valence-electron chi connectivity index (χ2n) is 6.61. The van der Waals surface area contributed by atoms with Crippen LogP contribution in [0, 0.1) is 5.92 Å². The summed E-state index contributed by atoms with van der Waals surface area (Å²) in [6, 6.07) is 3.28. The molecule has 0 aliphatic heterocycles. The van der Waals surface area contributed by atoms with Gasteiger partial charge in [-0.25, -0.2) is 0 Å². The number of hydrogen-bond donors (Lipinski definition) is 2. The molecule has 2 aromatic rings. The molecule has 1 amide bonds. The molecule has 0 aliphatic rings. The number of fused-ring (bicyclic) bond motifs is 1. The van der Waals surface area contributed by atoms with Crippen LogP contribution in [0.5, 0.6) is 5.75 Å². The Morgan fingerprint density at radius 2 is 1.84 bits per heavy atom. The van der Waals surface area contributed by atoms with Crippen molar-refractivity contribution in [3.63, 3.8) is 0 Å². The Morgan fingerprint density at radius 1 is 1.20 bits per heavy atom. The Kier molecular flexibility index (Phi) is 6.23. The van der Waals surface area contributed by atoms with Gasteiger partial charge in [-0.1, -0.05) is 46.5 Å². The van der Waals surface area contributed by atoms with E-state index in [4.69, 9.17) is 5.73 Å². The third kappa shape index (κ3) is 3.70. The second kappa shape index (κ2) is 8.19. The molecule has 0 atom stereocenters. The van der Waals surface area contributed by atoms with Crippen molar-refractivity contribution < 1.29 is 14.7 Å². The quantitative estimate of drug-likeness (QED) is 0.538. The lowest BCUT2D eigenvalue weighted by atomic mass is 9.90. The molecule has 5 heteroatoms. The smallest absolute Gasteiger partial charge is 0.289 e. The lowest BCUT2D eigenvalue weighted by molar-refractivity contribution is -0.114. The van der Waals surface area contributed by atoms with E-state index >= 15 is 0 Å². The molecule has 0 aromatic carbocycles. The van der Waals surface area contributed by atoms with Crippen molar-refractivity contribution in [3.05, 3.63) is 35.2 Å². The Hall–Kier alpha value is -2.30. The molecule has 0 fully saturated rings. The fraction of sp³-hybridized carbons (Fsp3) is 0.500. The predicted molar refractivity (Wildman–Crippen MR) is 99.0 cm³/mol. The van der Waals surface area contributed by atoms with Gasteiger partial charge in [0.2, 0.25) is 0 Å². The van der Waals surface area contributed by atoms with Crippen LogP contribution in [-0.2, 0) is 17.6 Å². The molecule has 0 spiro atoms. The first kappa shape index (κ1) is 19.0. The summed E-state index contributed by atoms with van der Waals surface area (Å²) in [5, 5.41) is 10.3. The van der Waals surface area contributed by atoms with E-state index in [1.807, 2.05) is 17.5 Å². The van der Waals surface area contributed by atoms with E-state index < -0.39 is 11.7 Å². The van der Waals surface area contributed by atoms with Crippen LogP contribution in [0.25, 0.3) is 5.52 Å². The molecule has 2 rings (SSSR count). The fourth-order valence-corrected chi connectivity index (χ4v) is 3.81. The summed E-state index contributed by atoms with van der Waals surface area (Å²) in [6.07, 6.45) is 7.71. The van der Waals surface area contributed by atoms with E-state index in [1.54, 1.807) is 6.07 Å². The molecule has 0 saturated carbocycles. The van der Waals surface area contributed by atoms with Crippen molar-refractivity contribution >= 4 is 17.2 Å². The van der Waals surface area contributed by atoms with Crippen molar-refractivity contribution in [1.29, 1.82) is 0 Å². The summed E-state index contributed by atoms with van der Waals surface area (Å²) in [5.74, 6) is -1.21. The van der Waals surface area contributed by atoms with Crippen LogP contribution in [0.1, 0.15) is 68.1 Å². The van der Waals surface area contributed by atoms with Crippen LogP contribution in [0.4, 0.5) is 0 Å². The van der Waals surface area contributed by atoms with Crippen LogP contribution in [0.3, 0.4) is 0 Å². The Morgan fingerprint density at radius 3 is 2.36 bits per heavy atom.